The van der Waals surface area contributed by atoms with Crippen LogP contribution < -0.4 is 10.1 Å². The summed E-state index contributed by atoms with van der Waals surface area (Å²) in [6.07, 6.45) is 0. The summed E-state index contributed by atoms with van der Waals surface area (Å²) in [5, 5.41) is 10.8. The van der Waals surface area contributed by atoms with Gasteiger partial charge in [-0.05, 0) is 26.0 Å². The highest BCUT2D eigenvalue weighted by atomic mass is 16.5. The lowest BCUT2D eigenvalue weighted by Gasteiger charge is -2.33. The minimum atomic E-state index is -0.425. The lowest BCUT2D eigenvalue weighted by Crippen LogP contribution is -2.30. The van der Waals surface area contributed by atoms with Crippen molar-refractivity contribution in [3.63, 3.8) is 0 Å². The zero-order chi connectivity index (χ0) is 14.2. The molecule has 0 spiro atoms. The number of hydrogen-bond acceptors (Lipinski definition) is 4. The van der Waals surface area contributed by atoms with Gasteiger partial charge in [-0.25, -0.2) is 0 Å². The van der Waals surface area contributed by atoms with Crippen molar-refractivity contribution in [2.24, 2.45) is 0 Å². The van der Waals surface area contributed by atoms with Gasteiger partial charge < -0.3 is 14.8 Å². The van der Waals surface area contributed by atoms with Gasteiger partial charge in [-0.3, -0.25) is 5.10 Å². The van der Waals surface area contributed by atoms with E-state index in [2.05, 4.69) is 29.4 Å². The summed E-state index contributed by atoms with van der Waals surface area (Å²) in [7, 11) is 1.69. The van der Waals surface area contributed by atoms with Crippen LogP contribution in [0.1, 0.15) is 19.4 Å². The van der Waals surface area contributed by atoms with Crippen LogP contribution in [-0.2, 0) is 10.3 Å². The van der Waals surface area contributed by atoms with Gasteiger partial charge in [0.1, 0.15) is 11.4 Å². The number of ether oxygens (including phenoxy) is 2. The fraction of sp³-hybridized carbons (Fsp3) is 0.400. The molecule has 0 saturated carbocycles. The molecule has 5 nitrogen and oxygen atoms in total. The smallest absolute Gasteiger partial charge is 0.155 e. The van der Waals surface area contributed by atoms with Gasteiger partial charge in [-0.15, -0.1) is 0 Å². The van der Waals surface area contributed by atoms with Crippen LogP contribution in [0.4, 0.5) is 5.82 Å². The Labute approximate surface area is 118 Å². The number of hydrogen-bond donors (Lipinski definition) is 2. The second kappa shape index (κ2) is 4.83. The summed E-state index contributed by atoms with van der Waals surface area (Å²) in [5.74, 6) is 1.72. The average Bonchev–Trinajstić information content (AvgIpc) is 2.84. The number of aromatic nitrogens is 2. The summed E-state index contributed by atoms with van der Waals surface area (Å²) in [6, 6.07) is 8.01. The predicted molar refractivity (Wildman–Crippen MR) is 78.0 cm³/mol. The molecule has 5 heteroatoms. The number of nitrogens with zero attached hydrogens (tertiary/aromatic N) is 1. The third-order valence-electron chi connectivity index (χ3n) is 3.49. The Morgan fingerprint density at radius 3 is 2.95 bits per heavy atom. The normalized spacial score (nSPS) is 15.2. The molecular formula is C15H19N3O2. The van der Waals surface area contributed by atoms with Crippen molar-refractivity contribution in [3.8, 4) is 17.0 Å². The summed E-state index contributed by atoms with van der Waals surface area (Å²) in [5.41, 5.74) is 2.71. The van der Waals surface area contributed by atoms with Crippen LogP contribution in [-0.4, -0.2) is 30.5 Å². The molecule has 3 rings (SSSR count). The van der Waals surface area contributed by atoms with Crippen molar-refractivity contribution in [1.82, 2.24) is 10.2 Å². The predicted octanol–water partition coefficient (Wildman–Crippen LogP) is 2.76. The van der Waals surface area contributed by atoms with E-state index in [0.717, 1.165) is 28.4 Å². The first-order valence-electron chi connectivity index (χ1n) is 6.73. The molecule has 1 aromatic heterocycles. The highest BCUT2D eigenvalue weighted by Gasteiger charge is 2.37. The Morgan fingerprint density at radius 1 is 1.35 bits per heavy atom. The van der Waals surface area contributed by atoms with E-state index >= 15 is 0 Å². The molecule has 106 valence electrons. The molecule has 0 saturated heterocycles. The van der Waals surface area contributed by atoms with Crippen LogP contribution in [0.5, 0.6) is 5.75 Å². The topological polar surface area (TPSA) is 59.2 Å². The first-order valence-corrected chi connectivity index (χ1v) is 6.73. The first kappa shape index (κ1) is 13.0. The van der Waals surface area contributed by atoms with Gasteiger partial charge in [0.05, 0.1) is 17.9 Å². The summed E-state index contributed by atoms with van der Waals surface area (Å²) in [6.45, 7) is 5.46. The molecule has 20 heavy (non-hydrogen) atoms. The Hall–Kier alpha value is -2.01. The first-order chi connectivity index (χ1) is 9.63. The van der Waals surface area contributed by atoms with Crippen molar-refractivity contribution in [2.75, 3.05) is 25.6 Å². The zero-order valence-corrected chi connectivity index (χ0v) is 12.0. The molecule has 1 aromatic carbocycles. The van der Waals surface area contributed by atoms with E-state index in [9.17, 15) is 0 Å². The fourth-order valence-electron chi connectivity index (χ4n) is 2.61. The van der Waals surface area contributed by atoms with Gasteiger partial charge in [-0.1, -0.05) is 12.1 Å². The van der Waals surface area contributed by atoms with Gasteiger partial charge in [0.15, 0.2) is 5.82 Å². The summed E-state index contributed by atoms with van der Waals surface area (Å²) >= 11 is 0. The third kappa shape index (κ3) is 2.04. The van der Waals surface area contributed by atoms with Crippen LogP contribution in [0.25, 0.3) is 11.3 Å². The zero-order valence-electron chi connectivity index (χ0n) is 12.0. The average molecular weight is 273 g/mol. The van der Waals surface area contributed by atoms with Gasteiger partial charge >= 0.3 is 0 Å². The molecule has 1 aliphatic heterocycles. The minimum absolute atomic E-state index is 0.425. The van der Waals surface area contributed by atoms with Gasteiger partial charge in [-0.2, -0.15) is 5.10 Å². The Bertz CT molecular complexity index is 619. The van der Waals surface area contributed by atoms with E-state index < -0.39 is 5.60 Å². The number of aromatic amines is 1. The molecule has 0 atom stereocenters. The van der Waals surface area contributed by atoms with Crippen LogP contribution in [0, 0.1) is 0 Å². The van der Waals surface area contributed by atoms with Crippen molar-refractivity contribution < 1.29 is 9.47 Å². The maximum atomic E-state index is 6.12. The van der Waals surface area contributed by atoms with Crippen molar-refractivity contribution in [2.45, 2.75) is 19.4 Å². The molecule has 0 amide bonds. The number of fused-ring (bicyclic) bond motifs is 3. The number of rotatable bonds is 4. The van der Waals surface area contributed by atoms with Crippen LogP contribution in [0.15, 0.2) is 24.3 Å². The van der Waals surface area contributed by atoms with Crippen LogP contribution in [0.3, 0.4) is 0 Å². The molecular weight excluding hydrogens is 254 g/mol. The molecule has 0 unspecified atom stereocenters. The van der Waals surface area contributed by atoms with Gasteiger partial charge in [0.2, 0.25) is 0 Å². The van der Waals surface area contributed by atoms with Gasteiger partial charge in [0, 0.05) is 19.2 Å². The summed E-state index contributed by atoms with van der Waals surface area (Å²) < 4.78 is 11.2. The van der Waals surface area contributed by atoms with Crippen molar-refractivity contribution >= 4 is 5.82 Å². The number of benzene rings is 1. The molecule has 0 aliphatic carbocycles. The summed E-state index contributed by atoms with van der Waals surface area (Å²) in [4.78, 5) is 0. The molecule has 2 aromatic rings. The standard InChI is InChI=1S/C15H19N3O2/c1-15(2)12-13(10-6-4-5-7-11(10)20-15)17-18-14(12)16-8-9-19-3/h4-7H,8-9H2,1-3H3,(H2,16,17,18). The van der Waals surface area contributed by atoms with E-state index in [1.807, 2.05) is 24.3 Å². The highest BCUT2D eigenvalue weighted by molar-refractivity contribution is 5.77. The second-order valence-electron chi connectivity index (χ2n) is 5.35. The lowest BCUT2D eigenvalue weighted by molar-refractivity contribution is 0.106. The SMILES string of the molecule is COCCNc1n[nH]c2c1C(C)(C)Oc1ccccc1-2. The number of nitrogens with one attached hydrogen (secondary N) is 2. The van der Waals surface area contributed by atoms with E-state index in [-0.39, 0.29) is 0 Å². The number of para-hydroxylation sites is 1. The second-order valence-corrected chi connectivity index (χ2v) is 5.35. The molecule has 1 aliphatic rings. The number of methoxy groups -OCH3 is 1. The van der Waals surface area contributed by atoms with Crippen LogP contribution in [0.2, 0.25) is 0 Å². The van der Waals surface area contributed by atoms with E-state index in [4.69, 9.17) is 9.47 Å². The molecule has 2 heterocycles. The maximum Gasteiger partial charge on any atom is 0.155 e. The van der Waals surface area contributed by atoms with Crippen LogP contribution >= 0.6 is 0 Å². The van der Waals surface area contributed by atoms with E-state index in [1.165, 1.54) is 0 Å². The lowest BCUT2D eigenvalue weighted by atomic mass is 9.91. The monoisotopic (exact) mass is 273 g/mol. The van der Waals surface area contributed by atoms with Crippen molar-refractivity contribution in [3.05, 3.63) is 29.8 Å². The number of H-pyrrole nitrogens is 1. The fourth-order valence-corrected chi connectivity index (χ4v) is 2.61. The Morgan fingerprint density at radius 2 is 2.15 bits per heavy atom. The van der Waals surface area contributed by atoms with Gasteiger partial charge in [0.25, 0.3) is 0 Å². The molecule has 0 radical (unpaired) electrons. The maximum absolute atomic E-state index is 6.12. The third-order valence-corrected chi connectivity index (χ3v) is 3.49. The minimum Gasteiger partial charge on any atom is -0.482 e. The quantitative estimate of drug-likeness (QED) is 0.841. The van der Waals surface area contributed by atoms with Crippen molar-refractivity contribution in [1.29, 1.82) is 0 Å². The van der Waals surface area contributed by atoms with E-state index in [0.29, 0.717) is 13.2 Å². The molecule has 0 bridgehead atoms. The number of anilines is 1. The molecule has 2 N–H and O–H groups in total. The van der Waals surface area contributed by atoms with E-state index in [1.54, 1.807) is 7.11 Å². The molecule has 0 fully saturated rings. The Kier molecular flexibility index (Phi) is 3.14. The largest absolute Gasteiger partial charge is 0.482 e. The highest BCUT2D eigenvalue weighted by Crippen LogP contribution is 2.46. The Balaban J connectivity index is 2.03.